The van der Waals surface area contributed by atoms with E-state index in [9.17, 15) is 10.1 Å². The summed E-state index contributed by atoms with van der Waals surface area (Å²) in [6.07, 6.45) is 3.12. The van der Waals surface area contributed by atoms with Crippen molar-refractivity contribution in [3.63, 3.8) is 0 Å². The number of hydrogen-bond acceptors (Lipinski definition) is 5. The van der Waals surface area contributed by atoms with Gasteiger partial charge in [0, 0.05) is 12.5 Å². The Balaban J connectivity index is 1.70. The summed E-state index contributed by atoms with van der Waals surface area (Å²) in [5, 5.41) is 11.0. The van der Waals surface area contributed by atoms with Gasteiger partial charge >= 0.3 is 5.82 Å². The average Bonchev–Trinajstić information content (AvgIpc) is 2.89. The third kappa shape index (κ3) is 3.01. The van der Waals surface area contributed by atoms with Crippen LogP contribution in [0, 0.1) is 17.0 Å². The monoisotopic (exact) mass is 327 g/mol. The summed E-state index contributed by atoms with van der Waals surface area (Å²) in [7, 11) is 0. The van der Waals surface area contributed by atoms with E-state index in [0.717, 1.165) is 16.9 Å². The molecule has 1 aromatic carbocycles. The van der Waals surface area contributed by atoms with Crippen molar-refractivity contribution in [2.75, 3.05) is 6.61 Å². The number of fused-ring (bicyclic) bond motifs is 1. The molecule has 0 aliphatic carbocycles. The Morgan fingerprint density at radius 3 is 2.96 bits per heavy atom. The molecule has 3 rings (SSSR count). The summed E-state index contributed by atoms with van der Waals surface area (Å²) in [6.45, 7) is 8.16. The Hall–Kier alpha value is -3.09. The Morgan fingerprint density at radius 1 is 1.42 bits per heavy atom. The van der Waals surface area contributed by atoms with Crippen LogP contribution in [0.2, 0.25) is 0 Å². The number of nitrogens with zero attached hydrogens (tertiary/aromatic N) is 3. The molecular formula is C17H17N3O4. The van der Waals surface area contributed by atoms with E-state index >= 15 is 0 Å². The van der Waals surface area contributed by atoms with Gasteiger partial charge in [-0.3, -0.25) is 0 Å². The minimum Gasteiger partial charge on any atom is -0.489 e. The molecule has 0 saturated carbocycles. The van der Waals surface area contributed by atoms with Gasteiger partial charge in [-0.25, -0.2) is 9.55 Å². The van der Waals surface area contributed by atoms with Crippen LogP contribution in [0.4, 0.5) is 5.82 Å². The average molecular weight is 327 g/mol. The first-order valence-electron chi connectivity index (χ1n) is 7.44. The van der Waals surface area contributed by atoms with Crippen LogP contribution in [-0.2, 0) is 6.54 Å². The quantitative estimate of drug-likeness (QED) is 0.620. The SMILES string of the molecule is C=C1C=C(C)c2cc(OCCn3c([N+](=O)[O-])cnc3C)ccc2O1. The van der Waals surface area contributed by atoms with Crippen LogP contribution >= 0.6 is 0 Å². The third-order valence-electron chi connectivity index (χ3n) is 3.80. The number of benzene rings is 1. The molecule has 2 aromatic rings. The van der Waals surface area contributed by atoms with Gasteiger partial charge in [-0.05, 0) is 41.7 Å². The van der Waals surface area contributed by atoms with Crippen LogP contribution in [0.5, 0.6) is 11.5 Å². The largest absolute Gasteiger partial charge is 0.489 e. The highest BCUT2D eigenvalue weighted by atomic mass is 16.6. The van der Waals surface area contributed by atoms with Crippen molar-refractivity contribution in [1.82, 2.24) is 9.55 Å². The molecular weight excluding hydrogens is 310 g/mol. The number of aromatic nitrogens is 2. The maximum atomic E-state index is 11.0. The van der Waals surface area contributed by atoms with E-state index in [1.165, 1.54) is 10.8 Å². The first kappa shape index (κ1) is 15.8. The number of aryl methyl sites for hydroxylation is 1. The molecule has 0 spiro atoms. The van der Waals surface area contributed by atoms with E-state index in [4.69, 9.17) is 9.47 Å². The van der Waals surface area contributed by atoms with Gasteiger partial charge in [0.1, 0.15) is 36.6 Å². The lowest BCUT2D eigenvalue weighted by atomic mass is 10.0. The fourth-order valence-corrected chi connectivity index (χ4v) is 2.62. The molecule has 0 amide bonds. The van der Waals surface area contributed by atoms with Crippen molar-refractivity contribution in [2.45, 2.75) is 20.4 Å². The second-order valence-electron chi connectivity index (χ2n) is 5.47. The van der Waals surface area contributed by atoms with Crippen molar-refractivity contribution < 1.29 is 14.4 Å². The summed E-state index contributed by atoms with van der Waals surface area (Å²) in [5.41, 5.74) is 2.00. The number of hydrogen-bond donors (Lipinski definition) is 0. The molecule has 24 heavy (non-hydrogen) atoms. The summed E-state index contributed by atoms with van der Waals surface area (Å²) in [6, 6.07) is 5.53. The number of allylic oxidation sites excluding steroid dienone is 2. The van der Waals surface area contributed by atoms with Crippen LogP contribution < -0.4 is 9.47 Å². The van der Waals surface area contributed by atoms with Crippen molar-refractivity contribution in [2.24, 2.45) is 0 Å². The van der Waals surface area contributed by atoms with Gasteiger partial charge in [-0.15, -0.1) is 0 Å². The highest BCUT2D eigenvalue weighted by Gasteiger charge is 2.18. The van der Waals surface area contributed by atoms with Crippen molar-refractivity contribution in [3.05, 3.63) is 64.3 Å². The lowest BCUT2D eigenvalue weighted by Gasteiger charge is -2.18. The molecule has 0 fully saturated rings. The van der Waals surface area contributed by atoms with Gasteiger partial charge in [-0.1, -0.05) is 6.58 Å². The highest BCUT2D eigenvalue weighted by molar-refractivity contribution is 5.74. The molecule has 124 valence electrons. The smallest absolute Gasteiger partial charge is 0.342 e. The van der Waals surface area contributed by atoms with Crippen LogP contribution in [-0.4, -0.2) is 21.1 Å². The lowest BCUT2D eigenvalue weighted by Crippen LogP contribution is -2.12. The van der Waals surface area contributed by atoms with Crippen LogP contribution in [0.1, 0.15) is 18.3 Å². The standard InChI is InChI=1S/C17H17N3O4/c1-11-8-12(2)24-16-5-4-14(9-15(11)16)23-7-6-19-13(3)18-10-17(19)20(21)22/h4-5,8-10H,2,6-7H2,1,3H3. The van der Waals surface area contributed by atoms with E-state index < -0.39 is 4.92 Å². The van der Waals surface area contributed by atoms with Gasteiger partial charge in [-0.2, -0.15) is 0 Å². The Labute approximate surface area is 139 Å². The summed E-state index contributed by atoms with van der Waals surface area (Å²) in [5.74, 6) is 2.58. The van der Waals surface area contributed by atoms with Gasteiger partial charge in [0.15, 0.2) is 5.82 Å². The van der Waals surface area contributed by atoms with E-state index in [0.29, 0.717) is 30.5 Å². The molecule has 1 aromatic heterocycles. The van der Waals surface area contributed by atoms with Crippen LogP contribution in [0.3, 0.4) is 0 Å². The fraction of sp³-hybridized carbons (Fsp3) is 0.235. The van der Waals surface area contributed by atoms with E-state index in [1.54, 1.807) is 13.0 Å². The van der Waals surface area contributed by atoms with Crippen molar-refractivity contribution in [1.29, 1.82) is 0 Å². The first-order valence-corrected chi connectivity index (χ1v) is 7.44. The lowest BCUT2D eigenvalue weighted by molar-refractivity contribution is -0.392. The van der Waals surface area contributed by atoms with E-state index in [2.05, 4.69) is 11.6 Å². The molecule has 0 N–H and O–H groups in total. The zero-order chi connectivity index (χ0) is 17.3. The zero-order valence-electron chi connectivity index (χ0n) is 13.5. The second-order valence-corrected chi connectivity index (χ2v) is 5.47. The Kier molecular flexibility index (Phi) is 4.07. The third-order valence-corrected chi connectivity index (χ3v) is 3.80. The van der Waals surface area contributed by atoms with Gasteiger partial charge in [0.2, 0.25) is 0 Å². The van der Waals surface area contributed by atoms with E-state index in [-0.39, 0.29) is 5.82 Å². The van der Waals surface area contributed by atoms with Crippen LogP contribution in [0.15, 0.2) is 42.8 Å². The topological polar surface area (TPSA) is 79.4 Å². The van der Waals surface area contributed by atoms with Gasteiger partial charge in [0.05, 0.1) is 0 Å². The van der Waals surface area contributed by atoms with Crippen molar-refractivity contribution >= 4 is 11.4 Å². The molecule has 1 aliphatic heterocycles. The molecule has 0 saturated heterocycles. The number of imidazole rings is 1. The minimum atomic E-state index is -0.447. The fourth-order valence-electron chi connectivity index (χ4n) is 2.62. The molecule has 7 heteroatoms. The van der Waals surface area contributed by atoms with Crippen LogP contribution in [0.25, 0.3) is 5.57 Å². The van der Waals surface area contributed by atoms with Gasteiger partial charge in [0.25, 0.3) is 0 Å². The number of rotatable bonds is 5. The summed E-state index contributed by atoms with van der Waals surface area (Å²) >= 11 is 0. The number of ether oxygens (including phenoxy) is 2. The Bertz CT molecular complexity index is 852. The zero-order valence-corrected chi connectivity index (χ0v) is 13.5. The van der Waals surface area contributed by atoms with E-state index in [1.807, 2.05) is 25.1 Å². The molecule has 0 bridgehead atoms. The Morgan fingerprint density at radius 2 is 2.21 bits per heavy atom. The highest BCUT2D eigenvalue weighted by Crippen LogP contribution is 2.35. The molecule has 2 heterocycles. The maximum Gasteiger partial charge on any atom is 0.342 e. The molecule has 0 unspecified atom stereocenters. The minimum absolute atomic E-state index is 0.0350. The summed E-state index contributed by atoms with van der Waals surface area (Å²) < 4.78 is 12.8. The molecule has 0 radical (unpaired) electrons. The summed E-state index contributed by atoms with van der Waals surface area (Å²) in [4.78, 5) is 14.5. The predicted octanol–water partition coefficient (Wildman–Crippen LogP) is 3.49. The molecule has 1 aliphatic rings. The number of nitro groups is 1. The van der Waals surface area contributed by atoms with Gasteiger partial charge < -0.3 is 19.6 Å². The van der Waals surface area contributed by atoms with Crippen molar-refractivity contribution in [3.8, 4) is 11.5 Å². The second kappa shape index (κ2) is 6.19. The normalized spacial score (nSPS) is 13.1. The molecule has 0 atom stereocenters. The molecule has 7 nitrogen and oxygen atoms in total. The maximum absolute atomic E-state index is 11.0. The predicted molar refractivity (Wildman–Crippen MR) is 89.0 cm³/mol. The first-order chi connectivity index (χ1) is 11.5.